The Balaban J connectivity index is 1.96. The molecule has 0 N–H and O–H groups in total. The van der Waals surface area contributed by atoms with Gasteiger partial charge >= 0.3 is 0 Å². The molecule has 1 aliphatic rings. The van der Waals surface area contributed by atoms with Gasteiger partial charge in [0, 0.05) is 13.0 Å². The highest BCUT2D eigenvalue weighted by molar-refractivity contribution is 5.73. The summed E-state index contributed by atoms with van der Waals surface area (Å²) in [6.07, 6.45) is 9.77. The van der Waals surface area contributed by atoms with Crippen LogP contribution in [0.4, 0.5) is 0 Å². The average molecular weight is 249 g/mol. The van der Waals surface area contributed by atoms with Gasteiger partial charge in [-0.1, -0.05) is 31.4 Å². The quantitative estimate of drug-likeness (QED) is 0.753. The number of unbranched alkanes of at least 4 members (excludes halogenated alkanes) is 1. The zero-order valence-electron chi connectivity index (χ0n) is 11.4. The van der Waals surface area contributed by atoms with Gasteiger partial charge in [0.15, 0.2) is 6.29 Å². The number of rotatable bonds is 5. The Morgan fingerprint density at radius 3 is 2.67 bits per heavy atom. The highest BCUT2D eigenvalue weighted by Gasteiger charge is 2.26. The first-order valence-electron chi connectivity index (χ1n) is 7.11. The van der Waals surface area contributed by atoms with Crippen LogP contribution >= 0.6 is 0 Å². The maximum absolute atomic E-state index is 11.0. The second-order valence-electron chi connectivity index (χ2n) is 5.46. The molecule has 1 aromatic heterocycles. The number of aldehydes is 1. The predicted molar refractivity (Wildman–Crippen MR) is 70.6 cm³/mol. The molecule has 1 saturated carbocycles. The zero-order chi connectivity index (χ0) is 13.0. The maximum atomic E-state index is 11.0. The second kappa shape index (κ2) is 6.12. The summed E-state index contributed by atoms with van der Waals surface area (Å²) in [5.41, 5.74) is 1.58. The lowest BCUT2D eigenvalue weighted by Crippen LogP contribution is -2.16. The van der Waals surface area contributed by atoms with Crippen LogP contribution in [0.2, 0.25) is 0 Å². The second-order valence-corrected chi connectivity index (χ2v) is 5.46. The molecular weight excluding hydrogens is 226 g/mol. The van der Waals surface area contributed by atoms with E-state index < -0.39 is 0 Å². The van der Waals surface area contributed by atoms with Gasteiger partial charge in [-0.2, -0.15) is 0 Å². The summed E-state index contributed by atoms with van der Waals surface area (Å²) in [5.74, 6) is 1.37. The van der Waals surface area contributed by atoms with Gasteiger partial charge in [0.25, 0.3) is 0 Å². The minimum atomic E-state index is 0.475. The molecular formula is C14H23N3O. The number of carbonyl (C=O) groups is 1. The normalized spacial score (nSPS) is 24.1. The zero-order valence-corrected chi connectivity index (χ0v) is 11.4. The minimum Gasteiger partial charge on any atom is -0.296 e. The van der Waals surface area contributed by atoms with Crippen molar-refractivity contribution >= 4 is 6.29 Å². The van der Waals surface area contributed by atoms with Crippen LogP contribution in [0.25, 0.3) is 0 Å². The third-order valence-corrected chi connectivity index (χ3v) is 4.21. The first-order chi connectivity index (χ1) is 8.76. The summed E-state index contributed by atoms with van der Waals surface area (Å²) in [7, 11) is 1.89. The molecule has 0 unspecified atom stereocenters. The minimum absolute atomic E-state index is 0.475. The van der Waals surface area contributed by atoms with E-state index in [0.717, 1.165) is 17.9 Å². The van der Waals surface area contributed by atoms with Crippen molar-refractivity contribution in [1.29, 1.82) is 0 Å². The maximum Gasteiger partial charge on any atom is 0.172 e. The van der Waals surface area contributed by atoms with E-state index in [1.54, 1.807) is 4.68 Å². The van der Waals surface area contributed by atoms with E-state index in [-0.39, 0.29) is 0 Å². The molecule has 0 aliphatic heterocycles. The van der Waals surface area contributed by atoms with Crippen LogP contribution in [0.1, 0.15) is 74.0 Å². The van der Waals surface area contributed by atoms with Gasteiger partial charge in [-0.05, 0) is 31.6 Å². The molecule has 0 bridgehead atoms. The van der Waals surface area contributed by atoms with Crippen molar-refractivity contribution in [2.45, 2.75) is 57.8 Å². The molecule has 100 valence electrons. The Bertz CT molecular complexity index is 392. The third-order valence-electron chi connectivity index (χ3n) is 4.21. The smallest absolute Gasteiger partial charge is 0.172 e. The monoisotopic (exact) mass is 249 g/mol. The Labute approximate surface area is 109 Å². The number of hydrogen-bond donors (Lipinski definition) is 0. The molecule has 4 nitrogen and oxygen atoms in total. The molecule has 0 saturated heterocycles. The molecule has 1 aliphatic carbocycles. The van der Waals surface area contributed by atoms with Gasteiger partial charge in [0.1, 0.15) is 5.69 Å². The Kier molecular flexibility index (Phi) is 4.50. The number of nitrogens with zero attached hydrogens (tertiary/aromatic N) is 3. The molecule has 1 heterocycles. The third kappa shape index (κ3) is 2.79. The van der Waals surface area contributed by atoms with Crippen LogP contribution in [-0.4, -0.2) is 21.3 Å². The molecule has 0 amide bonds. The van der Waals surface area contributed by atoms with Gasteiger partial charge < -0.3 is 0 Å². The van der Waals surface area contributed by atoms with Crippen molar-refractivity contribution < 1.29 is 4.79 Å². The van der Waals surface area contributed by atoms with Crippen LogP contribution in [0.5, 0.6) is 0 Å². The Morgan fingerprint density at radius 1 is 1.33 bits per heavy atom. The van der Waals surface area contributed by atoms with Crippen molar-refractivity contribution in [2.75, 3.05) is 0 Å². The topological polar surface area (TPSA) is 47.8 Å². The van der Waals surface area contributed by atoms with Crippen molar-refractivity contribution in [3.8, 4) is 0 Å². The summed E-state index contributed by atoms with van der Waals surface area (Å²) >= 11 is 0. The number of carbonyl (C=O) groups excluding carboxylic acids is 1. The van der Waals surface area contributed by atoms with Crippen molar-refractivity contribution in [3.05, 3.63) is 11.4 Å². The highest BCUT2D eigenvalue weighted by atomic mass is 16.1. The van der Waals surface area contributed by atoms with E-state index in [1.165, 1.54) is 44.9 Å². The standard InChI is InChI=1S/C14H23N3O/c1-3-4-5-11-6-8-12(9-7-11)14-13(10-18)15-16-17(14)2/h10-12H,3-9H2,1-2H3. The fourth-order valence-electron chi connectivity index (χ4n) is 3.16. The predicted octanol–water partition coefficient (Wildman–Crippen LogP) is 3.09. The van der Waals surface area contributed by atoms with E-state index in [4.69, 9.17) is 0 Å². The van der Waals surface area contributed by atoms with E-state index in [2.05, 4.69) is 17.2 Å². The van der Waals surface area contributed by atoms with Crippen LogP contribution in [0.3, 0.4) is 0 Å². The average Bonchev–Trinajstić information content (AvgIpc) is 2.78. The number of aryl methyl sites for hydroxylation is 1. The lowest BCUT2D eigenvalue weighted by atomic mass is 9.78. The lowest BCUT2D eigenvalue weighted by molar-refractivity contribution is 0.111. The molecule has 1 aromatic rings. The van der Waals surface area contributed by atoms with Crippen LogP contribution in [-0.2, 0) is 7.05 Å². The fraction of sp³-hybridized carbons (Fsp3) is 0.786. The molecule has 18 heavy (non-hydrogen) atoms. The molecule has 2 rings (SSSR count). The Hall–Kier alpha value is -1.19. The van der Waals surface area contributed by atoms with Crippen LogP contribution in [0, 0.1) is 5.92 Å². The molecule has 0 aromatic carbocycles. The van der Waals surface area contributed by atoms with Crippen molar-refractivity contribution in [1.82, 2.24) is 15.0 Å². The van der Waals surface area contributed by atoms with Crippen LogP contribution < -0.4 is 0 Å². The largest absolute Gasteiger partial charge is 0.296 e. The van der Waals surface area contributed by atoms with Crippen molar-refractivity contribution in [3.63, 3.8) is 0 Å². The molecule has 1 fully saturated rings. The molecule has 0 radical (unpaired) electrons. The molecule has 4 heteroatoms. The molecule has 0 atom stereocenters. The van der Waals surface area contributed by atoms with E-state index in [1.807, 2.05) is 7.05 Å². The summed E-state index contributed by atoms with van der Waals surface area (Å²) in [4.78, 5) is 11.0. The summed E-state index contributed by atoms with van der Waals surface area (Å²) in [6.45, 7) is 2.25. The summed E-state index contributed by atoms with van der Waals surface area (Å²) < 4.78 is 1.78. The lowest BCUT2D eigenvalue weighted by Gasteiger charge is -2.28. The van der Waals surface area contributed by atoms with Gasteiger partial charge in [-0.15, -0.1) is 5.10 Å². The van der Waals surface area contributed by atoms with E-state index in [0.29, 0.717) is 11.6 Å². The van der Waals surface area contributed by atoms with Gasteiger partial charge in [0.05, 0.1) is 5.69 Å². The van der Waals surface area contributed by atoms with E-state index >= 15 is 0 Å². The van der Waals surface area contributed by atoms with Crippen molar-refractivity contribution in [2.24, 2.45) is 13.0 Å². The summed E-state index contributed by atoms with van der Waals surface area (Å²) in [6, 6.07) is 0. The Morgan fingerprint density at radius 2 is 2.06 bits per heavy atom. The van der Waals surface area contributed by atoms with E-state index in [9.17, 15) is 4.79 Å². The number of aromatic nitrogens is 3. The SMILES string of the molecule is CCCCC1CCC(c2c(C=O)nnn2C)CC1. The van der Waals surface area contributed by atoms with Gasteiger partial charge in [0.2, 0.25) is 0 Å². The number of hydrogen-bond acceptors (Lipinski definition) is 3. The van der Waals surface area contributed by atoms with Gasteiger partial charge in [-0.3, -0.25) is 9.48 Å². The summed E-state index contributed by atoms with van der Waals surface area (Å²) in [5, 5.41) is 7.89. The van der Waals surface area contributed by atoms with Gasteiger partial charge in [-0.25, -0.2) is 0 Å². The fourth-order valence-corrected chi connectivity index (χ4v) is 3.16. The first-order valence-corrected chi connectivity index (χ1v) is 7.11. The first kappa shape index (κ1) is 13.2. The molecule has 0 spiro atoms. The van der Waals surface area contributed by atoms with Crippen LogP contribution in [0.15, 0.2) is 0 Å². The highest BCUT2D eigenvalue weighted by Crippen LogP contribution is 2.37.